The van der Waals surface area contributed by atoms with E-state index < -0.39 is 5.97 Å². The van der Waals surface area contributed by atoms with E-state index >= 15 is 0 Å². The van der Waals surface area contributed by atoms with Crippen molar-refractivity contribution in [2.45, 2.75) is 6.54 Å². The van der Waals surface area contributed by atoms with E-state index in [1.165, 1.54) is 12.1 Å². The van der Waals surface area contributed by atoms with Crippen molar-refractivity contribution in [3.8, 4) is 0 Å². The van der Waals surface area contributed by atoms with E-state index in [4.69, 9.17) is 5.11 Å². The first kappa shape index (κ1) is 11.1. The number of nitrogens with zero attached hydrogens (tertiary/aromatic N) is 1. The zero-order valence-corrected chi connectivity index (χ0v) is 9.04. The number of benzene rings is 1. The van der Waals surface area contributed by atoms with Crippen molar-refractivity contribution in [2.75, 3.05) is 0 Å². The van der Waals surface area contributed by atoms with E-state index in [1.54, 1.807) is 41.2 Å². The van der Waals surface area contributed by atoms with E-state index in [0.29, 0.717) is 12.1 Å². The molecule has 17 heavy (non-hydrogen) atoms. The zero-order valence-electron chi connectivity index (χ0n) is 9.04. The van der Waals surface area contributed by atoms with E-state index in [9.17, 15) is 9.59 Å². The Morgan fingerprint density at radius 2 is 1.76 bits per heavy atom. The van der Waals surface area contributed by atoms with Gasteiger partial charge >= 0.3 is 5.97 Å². The number of hydrogen-bond acceptors (Lipinski definition) is 2. The Balaban J connectivity index is 2.33. The van der Waals surface area contributed by atoms with Gasteiger partial charge in [0.15, 0.2) is 5.43 Å². The van der Waals surface area contributed by atoms with Crippen LogP contribution in [0.25, 0.3) is 0 Å². The summed E-state index contributed by atoms with van der Waals surface area (Å²) in [5, 5.41) is 9.03. The van der Waals surface area contributed by atoms with Gasteiger partial charge in [-0.05, 0) is 11.6 Å². The van der Waals surface area contributed by atoms with Crippen LogP contribution in [0, 0.1) is 0 Å². The molecule has 86 valence electrons. The standard InChI is InChI=1S/C13H11NO3/c15-11-5-7-14(8-6-11)9-10-3-1-2-4-12(10)13(16)17/h1-8H,9H2,(H,16,17). The average molecular weight is 229 g/mol. The van der Waals surface area contributed by atoms with Crippen molar-refractivity contribution in [3.63, 3.8) is 0 Å². The number of aromatic carboxylic acids is 1. The molecule has 0 unspecified atom stereocenters. The summed E-state index contributed by atoms with van der Waals surface area (Å²) in [5.74, 6) is -0.943. The zero-order chi connectivity index (χ0) is 12.3. The van der Waals surface area contributed by atoms with Gasteiger partial charge in [-0.1, -0.05) is 18.2 Å². The Bertz CT molecular complexity index is 581. The molecule has 0 bridgehead atoms. The molecule has 4 nitrogen and oxygen atoms in total. The molecule has 1 N–H and O–H groups in total. The minimum Gasteiger partial charge on any atom is -0.478 e. The van der Waals surface area contributed by atoms with Crippen LogP contribution in [0.5, 0.6) is 0 Å². The van der Waals surface area contributed by atoms with Gasteiger partial charge in [-0.3, -0.25) is 4.79 Å². The Morgan fingerprint density at radius 3 is 2.41 bits per heavy atom. The van der Waals surface area contributed by atoms with Gasteiger partial charge in [-0.15, -0.1) is 0 Å². The average Bonchev–Trinajstić information content (AvgIpc) is 2.32. The molecule has 1 heterocycles. The molecular formula is C13H11NO3. The van der Waals surface area contributed by atoms with Crippen LogP contribution in [0.15, 0.2) is 53.6 Å². The summed E-state index contributed by atoms with van der Waals surface area (Å²) in [4.78, 5) is 21.9. The molecular weight excluding hydrogens is 218 g/mol. The molecule has 0 spiro atoms. The molecule has 0 radical (unpaired) electrons. The highest BCUT2D eigenvalue weighted by Crippen LogP contribution is 2.10. The molecule has 1 aromatic carbocycles. The lowest BCUT2D eigenvalue weighted by molar-refractivity contribution is 0.0695. The van der Waals surface area contributed by atoms with Crippen LogP contribution in [-0.4, -0.2) is 15.6 Å². The monoisotopic (exact) mass is 229 g/mol. The molecule has 2 aromatic rings. The Labute approximate surface area is 97.8 Å². The largest absolute Gasteiger partial charge is 0.478 e. The smallest absolute Gasteiger partial charge is 0.336 e. The summed E-state index contributed by atoms with van der Waals surface area (Å²) in [5.41, 5.74) is 0.933. The SMILES string of the molecule is O=C(O)c1ccccc1Cn1ccc(=O)cc1. The maximum atomic E-state index is 11.0. The lowest BCUT2D eigenvalue weighted by Gasteiger charge is -2.08. The summed E-state index contributed by atoms with van der Waals surface area (Å²) >= 11 is 0. The van der Waals surface area contributed by atoms with Crippen molar-refractivity contribution in [2.24, 2.45) is 0 Å². The molecule has 4 heteroatoms. The predicted molar refractivity (Wildman–Crippen MR) is 63.2 cm³/mol. The van der Waals surface area contributed by atoms with Crippen molar-refractivity contribution < 1.29 is 9.90 Å². The number of hydrogen-bond donors (Lipinski definition) is 1. The highest BCUT2D eigenvalue weighted by Gasteiger charge is 2.08. The first-order valence-electron chi connectivity index (χ1n) is 5.14. The lowest BCUT2D eigenvalue weighted by Crippen LogP contribution is -2.08. The Kier molecular flexibility index (Phi) is 3.05. The van der Waals surface area contributed by atoms with Gasteiger partial charge in [-0.25, -0.2) is 4.79 Å². The summed E-state index contributed by atoms with van der Waals surface area (Å²) in [6.07, 6.45) is 3.28. The third kappa shape index (κ3) is 2.60. The number of carbonyl (C=O) groups is 1. The maximum absolute atomic E-state index is 11.0. The van der Waals surface area contributed by atoms with Gasteiger partial charge in [-0.2, -0.15) is 0 Å². The molecule has 0 saturated carbocycles. The molecule has 0 amide bonds. The number of carboxylic acids is 1. The van der Waals surface area contributed by atoms with Gasteiger partial charge in [0, 0.05) is 31.1 Å². The van der Waals surface area contributed by atoms with Gasteiger partial charge in [0.25, 0.3) is 0 Å². The molecule has 0 fully saturated rings. The third-order valence-electron chi connectivity index (χ3n) is 2.46. The lowest BCUT2D eigenvalue weighted by atomic mass is 10.1. The quantitative estimate of drug-likeness (QED) is 0.869. The summed E-state index contributed by atoms with van der Waals surface area (Å²) in [7, 11) is 0. The second-order valence-electron chi connectivity index (χ2n) is 3.67. The van der Waals surface area contributed by atoms with E-state index in [-0.39, 0.29) is 11.0 Å². The molecule has 0 saturated heterocycles. The predicted octanol–water partition coefficient (Wildman–Crippen LogP) is 1.59. The van der Waals surface area contributed by atoms with Crippen LogP contribution in [-0.2, 0) is 6.54 Å². The Morgan fingerprint density at radius 1 is 1.12 bits per heavy atom. The summed E-state index contributed by atoms with van der Waals surface area (Å²) in [6.45, 7) is 0.433. The van der Waals surface area contributed by atoms with Crippen molar-refractivity contribution >= 4 is 5.97 Å². The fourth-order valence-electron chi connectivity index (χ4n) is 1.61. The highest BCUT2D eigenvalue weighted by molar-refractivity contribution is 5.89. The fourth-order valence-corrected chi connectivity index (χ4v) is 1.61. The van der Waals surface area contributed by atoms with Gasteiger partial charge in [0.05, 0.1) is 5.56 Å². The van der Waals surface area contributed by atoms with Crippen LogP contribution >= 0.6 is 0 Å². The minimum atomic E-state index is -0.943. The van der Waals surface area contributed by atoms with Crippen LogP contribution in [0.4, 0.5) is 0 Å². The first-order chi connectivity index (χ1) is 8.16. The van der Waals surface area contributed by atoms with Crippen LogP contribution in [0.3, 0.4) is 0 Å². The molecule has 0 aliphatic heterocycles. The molecule has 1 aromatic heterocycles. The van der Waals surface area contributed by atoms with Crippen LogP contribution in [0.2, 0.25) is 0 Å². The van der Waals surface area contributed by atoms with Gasteiger partial charge in [0.1, 0.15) is 0 Å². The second kappa shape index (κ2) is 4.65. The summed E-state index contributed by atoms with van der Waals surface area (Å²) in [6, 6.07) is 9.72. The fraction of sp³-hybridized carbons (Fsp3) is 0.0769. The topological polar surface area (TPSA) is 59.3 Å². The number of aromatic nitrogens is 1. The number of pyridine rings is 1. The molecule has 0 atom stereocenters. The minimum absolute atomic E-state index is 0.0623. The molecule has 0 aliphatic rings. The second-order valence-corrected chi connectivity index (χ2v) is 3.67. The van der Waals surface area contributed by atoms with Crippen molar-refractivity contribution in [1.29, 1.82) is 0 Å². The van der Waals surface area contributed by atoms with Crippen LogP contribution < -0.4 is 5.43 Å². The summed E-state index contributed by atoms with van der Waals surface area (Å²) < 4.78 is 1.77. The highest BCUT2D eigenvalue weighted by atomic mass is 16.4. The van der Waals surface area contributed by atoms with E-state index in [2.05, 4.69) is 0 Å². The number of rotatable bonds is 3. The van der Waals surface area contributed by atoms with Crippen molar-refractivity contribution in [3.05, 3.63) is 70.1 Å². The van der Waals surface area contributed by atoms with Crippen LogP contribution in [0.1, 0.15) is 15.9 Å². The normalized spacial score (nSPS) is 10.1. The maximum Gasteiger partial charge on any atom is 0.336 e. The van der Waals surface area contributed by atoms with E-state index in [1.807, 2.05) is 0 Å². The van der Waals surface area contributed by atoms with Gasteiger partial charge < -0.3 is 9.67 Å². The van der Waals surface area contributed by atoms with Gasteiger partial charge in [0.2, 0.25) is 0 Å². The first-order valence-corrected chi connectivity index (χ1v) is 5.14. The molecule has 2 rings (SSSR count). The number of carboxylic acid groups (broad SMARTS) is 1. The Hall–Kier alpha value is -2.36. The molecule has 0 aliphatic carbocycles. The van der Waals surface area contributed by atoms with Crippen molar-refractivity contribution in [1.82, 2.24) is 4.57 Å². The third-order valence-corrected chi connectivity index (χ3v) is 2.46. The van der Waals surface area contributed by atoms with E-state index in [0.717, 1.165) is 0 Å².